The number of nitrogens with zero attached hydrogens (tertiary/aromatic N) is 4. The lowest BCUT2D eigenvalue weighted by Crippen LogP contribution is -2.28. The van der Waals surface area contributed by atoms with Crippen molar-refractivity contribution in [2.75, 3.05) is 30.8 Å². The lowest BCUT2D eigenvalue weighted by atomic mass is 10.0. The SMILES string of the molecule is COC(=O)N1CCC(c2cc(Nc3ncc(C(=O)Nc4c(C)cccc4Cl)s3)nc(C)n2)C1. The van der Waals surface area contributed by atoms with E-state index in [-0.39, 0.29) is 17.9 Å². The number of carbonyl (C=O) groups is 2. The van der Waals surface area contributed by atoms with Gasteiger partial charge in [-0.05, 0) is 31.9 Å². The Morgan fingerprint density at radius 2 is 2.09 bits per heavy atom. The summed E-state index contributed by atoms with van der Waals surface area (Å²) in [4.78, 5) is 39.9. The largest absolute Gasteiger partial charge is 0.453 e. The monoisotopic (exact) mass is 486 g/mol. The van der Waals surface area contributed by atoms with Gasteiger partial charge in [0.2, 0.25) is 0 Å². The number of ether oxygens (including phenoxy) is 1. The van der Waals surface area contributed by atoms with Crippen molar-refractivity contribution in [3.05, 3.63) is 57.4 Å². The summed E-state index contributed by atoms with van der Waals surface area (Å²) in [6, 6.07) is 7.30. The molecule has 1 fully saturated rings. The summed E-state index contributed by atoms with van der Waals surface area (Å²) in [6.45, 7) is 4.86. The van der Waals surface area contributed by atoms with Gasteiger partial charge in [0.25, 0.3) is 5.91 Å². The number of carbonyl (C=O) groups excluding carboxylic acids is 2. The van der Waals surface area contributed by atoms with Crippen LogP contribution in [0.25, 0.3) is 0 Å². The van der Waals surface area contributed by atoms with Gasteiger partial charge in [0, 0.05) is 25.1 Å². The van der Waals surface area contributed by atoms with E-state index in [9.17, 15) is 9.59 Å². The maximum atomic E-state index is 12.7. The van der Waals surface area contributed by atoms with Gasteiger partial charge in [0.05, 0.1) is 29.7 Å². The number of aryl methyl sites for hydroxylation is 2. The van der Waals surface area contributed by atoms with Crippen molar-refractivity contribution in [3.63, 3.8) is 0 Å². The van der Waals surface area contributed by atoms with E-state index in [0.717, 1.165) is 17.7 Å². The molecular weight excluding hydrogens is 464 g/mol. The number of hydrogen-bond acceptors (Lipinski definition) is 8. The van der Waals surface area contributed by atoms with Crippen molar-refractivity contribution in [1.82, 2.24) is 19.9 Å². The highest BCUT2D eigenvalue weighted by atomic mass is 35.5. The number of thiazole rings is 1. The average molecular weight is 487 g/mol. The van der Waals surface area contributed by atoms with Gasteiger partial charge < -0.3 is 20.3 Å². The van der Waals surface area contributed by atoms with Gasteiger partial charge in [-0.2, -0.15) is 0 Å². The Morgan fingerprint density at radius 3 is 2.85 bits per heavy atom. The molecule has 0 saturated carbocycles. The molecule has 1 aliphatic heterocycles. The average Bonchev–Trinajstić information content (AvgIpc) is 3.45. The van der Waals surface area contributed by atoms with Gasteiger partial charge in [-0.1, -0.05) is 35.1 Å². The van der Waals surface area contributed by atoms with Crippen molar-refractivity contribution in [2.24, 2.45) is 0 Å². The molecule has 11 heteroatoms. The lowest BCUT2D eigenvalue weighted by Gasteiger charge is -2.15. The molecule has 3 heterocycles. The number of aromatic nitrogens is 3. The molecule has 0 bridgehead atoms. The molecule has 2 N–H and O–H groups in total. The standard InChI is InChI=1S/C22H23ClN6O3S/c1-12-5-4-6-15(23)19(12)28-20(30)17-10-24-21(33-17)27-18-9-16(25-13(2)26-18)14-7-8-29(11-14)22(31)32-3/h4-6,9-10,14H,7-8,11H2,1-3H3,(H,28,30)(H,24,25,26,27). The van der Waals surface area contributed by atoms with Crippen LogP contribution in [0.2, 0.25) is 5.02 Å². The molecule has 9 nitrogen and oxygen atoms in total. The molecule has 4 rings (SSSR count). The first-order valence-electron chi connectivity index (χ1n) is 10.3. The quantitative estimate of drug-likeness (QED) is 0.535. The van der Waals surface area contributed by atoms with Gasteiger partial charge in [-0.25, -0.2) is 19.7 Å². The highest BCUT2D eigenvalue weighted by molar-refractivity contribution is 7.17. The summed E-state index contributed by atoms with van der Waals surface area (Å²) in [5, 5.41) is 7.02. The van der Waals surface area contributed by atoms with Crippen LogP contribution in [0.4, 0.5) is 21.4 Å². The number of para-hydroxylation sites is 1. The maximum Gasteiger partial charge on any atom is 0.409 e. The van der Waals surface area contributed by atoms with E-state index in [1.807, 2.05) is 32.0 Å². The zero-order chi connectivity index (χ0) is 23.5. The van der Waals surface area contributed by atoms with E-state index < -0.39 is 0 Å². The van der Waals surface area contributed by atoms with Crippen molar-refractivity contribution in [3.8, 4) is 0 Å². The summed E-state index contributed by atoms with van der Waals surface area (Å²) in [5.41, 5.74) is 2.31. The van der Waals surface area contributed by atoms with Crippen LogP contribution < -0.4 is 10.6 Å². The Kier molecular flexibility index (Phi) is 6.75. The molecular formula is C22H23ClN6O3S. The second kappa shape index (κ2) is 9.72. The van der Waals surface area contributed by atoms with Crippen LogP contribution in [0.5, 0.6) is 0 Å². The summed E-state index contributed by atoms with van der Waals surface area (Å²) < 4.78 is 4.81. The first kappa shape index (κ1) is 22.9. The fourth-order valence-electron chi connectivity index (χ4n) is 3.67. The predicted molar refractivity (Wildman–Crippen MR) is 128 cm³/mol. The Morgan fingerprint density at radius 1 is 1.27 bits per heavy atom. The van der Waals surface area contributed by atoms with Crippen LogP contribution in [-0.4, -0.2) is 52.1 Å². The third-order valence-electron chi connectivity index (χ3n) is 5.32. The number of amides is 2. The maximum absolute atomic E-state index is 12.7. The van der Waals surface area contributed by atoms with E-state index >= 15 is 0 Å². The Bertz CT molecular complexity index is 1180. The number of rotatable bonds is 5. The van der Waals surface area contributed by atoms with Gasteiger partial charge in [-0.3, -0.25) is 4.79 Å². The van der Waals surface area contributed by atoms with Crippen LogP contribution >= 0.6 is 22.9 Å². The van der Waals surface area contributed by atoms with E-state index in [1.165, 1.54) is 24.6 Å². The smallest absolute Gasteiger partial charge is 0.409 e. The van der Waals surface area contributed by atoms with E-state index in [0.29, 0.717) is 45.5 Å². The topological polar surface area (TPSA) is 109 Å². The van der Waals surface area contributed by atoms with Crippen molar-refractivity contribution in [1.29, 1.82) is 0 Å². The zero-order valence-electron chi connectivity index (χ0n) is 18.4. The minimum Gasteiger partial charge on any atom is -0.453 e. The Balaban J connectivity index is 1.46. The van der Waals surface area contributed by atoms with E-state index in [4.69, 9.17) is 16.3 Å². The fraction of sp³-hybridized carbons (Fsp3) is 0.318. The summed E-state index contributed by atoms with van der Waals surface area (Å²) in [6.07, 6.45) is 1.98. The van der Waals surface area contributed by atoms with Gasteiger partial charge >= 0.3 is 6.09 Å². The second-order valence-corrected chi connectivity index (χ2v) is 9.11. The molecule has 1 saturated heterocycles. The van der Waals surface area contributed by atoms with E-state index in [2.05, 4.69) is 25.6 Å². The molecule has 2 aromatic heterocycles. The highest BCUT2D eigenvalue weighted by Gasteiger charge is 2.29. The van der Waals surface area contributed by atoms with Crippen molar-refractivity contribution >= 4 is 51.6 Å². The van der Waals surface area contributed by atoms with Crippen LogP contribution in [-0.2, 0) is 4.74 Å². The highest BCUT2D eigenvalue weighted by Crippen LogP contribution is 2.30. The number of halogens is 1. The van der Waals surface area contributed by atoms with Crippen molar-refractivity contribution in [2.45, 2.75) is 26.2 Å². The second-order valence-electron chi connectivity index (χ2n) is 7.67. The summed E-state index contributed by atoms with van der Waals surface area (Å²) >= 11 is 7.42. The minimum atomic E-state index is -0.331. The van der Waals surface area contributed by atoms with Crippen LogP contribution in [0.15, 0.2) is 30.5 Å². The number of benzene rings is 1. The fourth-order valence-corrected chi connectivity index (χ4v) is 4.66. The third kappa shape index (κ3) is 5.23. The number of anilines is 3. The molecule has 2 amide bonds. The van der Waals surface area contributed by atoms with Gasteiger partial charge in [-0.15, -0.1) is 0 Å². The number of nitrogens with one attached hydrogen (secondary N) is 2. The van der Waals surface area contributed by atoms with E-state index in [1.54, 1.807) is 11.0 Å². The normalized spacial score (nSPS) is 15.4. The molecule has 1 unspecified atom stereocenters. The summed E-state index contributed by atoms with van der Waals surface area (Å²) in [7, 11) is 1.38. The van der Waals surface area contributed by atoms with Crippen molar-refractivity contribution < 1.29 is 14.3 Å². The first-order chi connectivity index (χ1) is 15.8. The molecule has 0 aliphatic carbocycles. The molecule has 33 heavy (non-hydrogen) atoms. The Hall–Kier alpha value is -3.24. The van der Waals surface area contributed by atoms with Crippen LogP contribution in [0.1, 0.15) is 39.1 Å². The molecule has 1 atom stereocenters. The number of hydrogen-bond donors (Lipinski definition) is 2. The Labute approximate surface area is 200 Å². The number of methoxy groups -OCH3 is 1. The number of likely N-dealkylation sites (tertiary alicyclic amines) is 1. The molecule has 1 aliphatic rings. The molecule has 0 spiro atoms. The lowest BCUT2D eigenvalue weighted by molar-refractivity contribution is 0.103. The first-order valence-corrected chi connectivity index (χ1v) is 11.5. The molecule has 3 aromatic rings. The van der Waals surface area contributed by atoms with Gasteiger partial charge in [0.15, 0.2) is 5.13 Å². The predicted octanol–water partition coefficient (Wildman–Crippen LogP) is 4.75. The molecule has 172 valence electrons. The van der Waals surface area contributed by atoms with Crippen LogP contribution in [0, 0.1) is 13.8 Å². The minimum absolute atomic E-state index is 0.0999. The molecule has 0 radical (unpaired) electrons. The zero-order valence-corrected chi connectivity index (χ0v) is 20.0. The summed E-state index contributed by atoms with van der Waals surface area (Å²) in [5.74, 6) is 1.00. The van der Waals surface area contributed by atoms with Crippen LogP contribution in [0.3, 0.4) is 0 Å². The third-order valence-corrected chi connectivity index (χ3v) is 6.55. The van der Waals surface area contributed by atoms with Gasteiger partial charge in [0.1, 0.15) is 16.5 Å². The molecule has 1 aromatic carbocycles.